The first kappa shape index (κ1) is 12.2. The van der Waals surface area contributed by atoms with Crippen LogP contribution in [0.5, 0.6) is 0 Å². The highest BCUT2D eigenvalue weighted by Crippen LogP contribution is 2.36. The van der Waals surface area contributed by atoms with Gasteiger partial charge in [-0.15, -0.1) is 0 Å². The lowest BCUT2D eigenvalue weighted by Crippen LogP contribution is -2.37. The number of anilines is 1. The van der Waals surface area contributed by atoms with Gasteiger partial charge < -0.3 is 11.1 Å². The fourth-order valence-corrected chi connectivity index (χ4v) is 3.07. The van der Waals surface area contributed by atoms with Crippen molar-refractivity contribution in [2.45, 2.75) is 24.5 Å². The second-order valence-electron chi connectivity index (χ2n) is 4.41. The Labute approximate surface area is 105 Å². The van der Waals surface area contributed by atoms with Crippen LogP contribution in [-0.2, 0) is 0 Å². The van der Waals surface area contributed by atoms with Crippen molar-refractivity contribution >= 4 is 23.5 Å². The van der Waals surface area contributed by atoms with Gasteiger partial charge >= 0.3 is 0 Å². The number of hydrogen-bond donors (Lipinski definition) is 2. The average Bonchev–Trinajstić information content (AvgIpc) is 2.74. The van der Waals surface area contributed by atoms with Gasteiger partial charge in [0, 0.05) is 11.3 Å². The Morgan fingerprint density at radius 3 is 3.12 bits per heavy atom. The standard InChI is InChI=1S/C11H16N4OS/c1-11(3-2-4-17-11)7-14-10(16)8-5-13-6-9(12)15-8/h5-6H,2-4,7H2,1H3,(H2,12,15)(H,14,16). The largest absolute Gasteiger partial charge is 0.382 e. The number of nitrogen functional groups attached to an aromatic ring is 1. The van der Waals surface area contributed by atoms with E-state index in [-0.39, 0.29) is 22.2 Å². The summed E-state index contributed by atoms with van der Waals surface area (Å²) in [5, 5.41) is 2.89. The Morgan fingerprint density at radius 1 is 1.65 bits per heavy atom. The van der Waals surface area contributed by atoms with E-state index in [0.29, 0.717) is 6.54 Å². The van der Waals surface area contributed by atoms with E-state index < -0.39 is 0 Å². The molecular weight excluding hydrogens is 236 g/mol. The molecule has 1 atom stereocenters. The first-order valence-corrected chi connectivity index (χ1v) is 6.57. The van der Waals surface area contributed by atoms with Gasteiger partial charge in [0.25, 0.3) is 5.91 Å². The van der Waals surface area contributed by atoms with Gasteiger partial charge in [-0.2, -0.15) is 11.8 Å². The number of rotatable bonds is 3. The summed E-state index contributed by atoms with van der Waals surface area (Å²) in [7, 11) is 0. The number of carbonyl (C=O) groups excluding carboxylic acids is 1. The number of aromatic nitrogens is 2. The molecule has 2 heterocycles. The maximum Gasteiger partial charge on any atom is 0.271 e. The molecule has 0 aliphatic carbocycles. The topological polar surface area (TPSA) is 80.9 Å². The first-order chi connectivity index (χ1) is 8.09. The molecule has 0 radical (unpaired) electrons. The van der Waals surface area contributed by atoms with Gasteiger partial charge in [0.2, 0.25) is 0 Å². The van der Waals surface area contributed by atoms with Gasteiger partial charge in [0.1, 0.15) is 11.5 Å². The average molecular weight is 252 g/mol. The summed E-state index contributed by atoms with van der Waals surface area (Å²) in [5.41, 5.74) is 5.76. The molecule has 6 heteroatoms. The van der Waals surface area contributed by atoms with E-state index in [1.807, 2.05) is 11.8 Å². The number of amides is 1. The number of hydrogen-bond acceptors (Lipinski definition) is 5. The Balaban J connectivity index is 1.93. The fraction of sp³-hybridized carbons (Fsp3) is 0.545. The zero-order chi connectivity index (χ0) is 12.3. The van der Waals surface area contributed by atoms with Crippen LogP contribution in [0, 0.1) is 0 Å². The van der Waals surface area contributed by atoms with Crippen molar-refractivity contribution in [2.24, 2.45) is 0 Å². The smallest absolute Gasteiger partial charge is 0.271 e. The molecule has 1 amide bonds. The summed E-state index contributed by atoms with van der Waals surface area (Å²) < 4.78 is 0.156. The molecule has 92 valence electrons. The Hall–Kier alpha value is -1.30. The highest BCUT2D eigenvalue weighted by atomic mass is 32.2. The van der Waals surface area contributed by atoms with Crippen LogP contribution in [0.3, 0.4) is 0 Å². The van der Waals surface area contributed by atoms with E-state index in [1.54, 1.807) is 0 Å². The Kier molecular flexibility index (Phi) is 3.51. The molecule has 1 aromatic heterocycles. The quantitative estimate of drug-likeness (QED) is 0.841. The lowest BCUT2D eigenvalue weighted by molar-refractivity contribution is 0.0944. The van der Waals surface area contributed by atoms with Gasteiger partial charge in [0.15, 0.2) is 0 Å². The predicted molar refractivity (Wildman–Crippen MR) is 68.9 cm³/mol. The Bertz CT molecular complexity index is 418. The molecule has 1 aliphatic rings. The maximum absolute atomic E-state index is 11.8. The van der Waals surface area contributed by atoms with Crippen LogP contribution >= 0.6 is 11.8 Å². The van der Waals surface area contributed by atoms with Crippen LogP contribution in [0.1, 0.15) is 30.3 Å². The molecule has 0 bridgehead atoms. The van der Waals surface area contributed by atoms with Gasteiger partial charge in [-0.05, 0) is 25.5 Å². The fourth-order valence-electron chi connectivity index (χ4n) is 1.82. The van der Waals surface area contributed by atoms with E-state index in [1.165, 1.54) is 24.6 Å². The van der Waals surface area contributed by atoms with Crippen molar-refractivity contribution in [1.29, 1.82) is 0 Å². The summed E-state index contributed by atoms with van der Waals surface area (Å²) in [4.78, 5) is 19.6. The van der Waals surface area contributed by atoms with Crippen LogP contribution in [0.15, 0.2) is 12.4 Å². The molecule has 0 spiro atoms. The Morgan fingerprint density at radius 2 is 2.47 bits per heavy atom. The zero-order valence-electron chi connectivity index (χ0n) is 9.77. The summed E-state index contributed by atoms with van der Waals surface area (Å²) >= 11 is 1.91. The van der Waals surface area contributed by atoms with Crippen LogP contribution in [-0.4, -0.2) is 32.9 Å². The zero-order valence-corrected chi connectivity index (χ0v) is 10.6. The van der Waals surface area contributed by atoms with Crippen molar-refractivity contribution in [1.82, 2.24) is 15.3 Å². The molecule has 1 unspecified atom stereocenters. The molecule has 1 saturated heterocycles. The number of nitrogens with zero attached hydrogens (tertiary/aromatic N) is 2. The molecular formula is C11H16N4OS. The maximum atomic E-state index is 11.8. The molecule has 1 fully saturated rings. The van der Waals surface area contributed by atoms with E-state index in [9.17, 15) is 4.79 Å². The third-order valence-corrected chi connectivity index (χ3v) is 4.35. The molecule has 5 nitrogen and oxygen atoms in total. The highest BCUT2D eigenvalue weighted by Gasteiger charge is 2.29. The van der Waals surface area contributed by atoms with Crippen molar-refractivity contribution in [3.63, 3.8) is 0 Å². The van der Waals surface area contributed by atoms with E-state index in [4.69, 9.17) is 5.73 Å². The van der Waals surface area contributed by atoms with E-state index in [2.05, 4.69) is 22.2 Å². The summed E-state index contributed by atoms with van der Waals surface area (Å²) in [5.74, 6) is 1.22. The lowest BCUT2D eigenvalue weighted by Gasteiger charge is -2.22. The number of thioether (sulfide) groups is 1. The molecule has 0 aromatic carbocycles. The van der Waals surface area contributed by atoms with Crippen LogP contribution < -0.4 is 11.1 Å². The van der Waals surface area contributed by atoms with Crippen molar-refractivity contribution < 1.29 is 4.79 Å². The molecule has 2 rings (SSSR count). The molecule has 1 aromatic rings. The number of nitrogens with two attached hydrogens (primary N) is 1. The normalized spacial score (nSPS) is 23.6. The molecule has 0 saturated carbocycles. The number of nitrogens with one attached hydrogen (secondary N) is 1. The minimum Gasteiger partial charge on any atom is -0.382 e. The SMILES string of the molecule is CC1(CNC(=O)c2cncc(N)n2)CCCS1. The summed E-state index contributed by atoms with van der Waals surface area (Å²) in [6.07, 6.45) is 5.20. The summed E-state index contributed by atoms with van der Waals surface area (Å²) in [6, 6.07) is 0. The molecule has 3 N–H and O–H groups in total. The van der Waals surface area contributed by atoms with Crippen molar-refractivity contribution in [2.75, 3.05) is 18.0 Å². The highest BCUT2D eigenvalue weighted by molar-refractivity contribution is 8.00. The van der Waals surface area contributed by atoms with Gasteiger partial charge in [-0.3, -0.25) is 9.78 Å². The van der Waals surface area contributed by atoms with Crippen LogP contribution in [0.25, 0.3) is 0 Å². The van der Waals surface area contributed by atoms with Gasteiger partial charge in [0.05, 0.1) is 12.4 Å². The van der Waals surface area contributed by atoms with E-state index in [0.717, 1.165) is 6.42 Å². The number of carbonyl (C=O) groups is 1. The lowest BCUT2D eigenvalue weighted by atomic mass is 10.1. The van der Waals surface area contributed by atoms with Gasteiger partial charge in [-0.1, -0.05) is 0 Å². The predicted octanol–water partition coefficient (Wildman–Crippen LogP) is 1.07. The van der Waals surface area contributed by atoms with Crippen LogP contribution in [0.2, 0.25) is 0 Å². The van der Waals surface area contributed by atoms with Gasteiger partial charge in [-0.25, -0.2) is 4.98 Å². The second-order valence-corrected chi connectivity index (χ2v) is 6.10. The minimum atomic E-state index is -0.210. The molecule has 1 aliphatic heterocycles. The molecule has 17 heavy (non-hydrogen) atoms. The van der Waals surface area contributed by atoms with Crippen molar-refractivity contribution in [3.8, 4) is 0 Å². The third-order valence-electron chi connectivity index (χ3n) is 2.81. The first-order valence-electron chi connectivity index (χ1n) is 5.59. The summed E-state index contributed by atoms with van der Waals surface area (Å²) in [6.45, 7) is 2.84. The second kappa shape index (κ2) is 4.91. The van der Waals surface area contributed by atoms with Crippen LogP contribution in [0.4, 0.5) is 5.82 Å². The third kappa shape index (κ3) is 3.09. The monoisotopic (exact) mass is 252 g/mol. The van der Waals surface area contributed by atoms with E-state index >= 15 is 0 Å². The minimum absolute atomic E-state index is 0.156. The van der Waals surface area contributed by atoms with Crippen molar-refractivity contribution in [3.05, 3.63) is 18.1 Å².